The first-order chi connectivity index (χ1) is 7.85. The Kier molecular flexibility index (Phi) is 3.29. The van der Waals surface area contributed by atoms with Gasteiger partial charge in [-0.05, 0) is 0 Å². The number of aromatic nitrogens is 2. The van der Waals surface area contributed by atoms with Crippen LogP contribution in [0.1, 0.15) is 5.69 Å². The SMILES string of the molecule is COC1CNCC1Nc1nccnc1C#N. The number of nitrogens with one attached hydrogen (secondary N) is 2. The Morgan fingerprint density at radius 1 is 1.50 bits per heavy atom. The van der Waals surface area contributed by atoms with Gasteiger partial charge in [-0.3, -0.25) is 0 Å². The van der Waals surface area contributed by atoms with E-state index in [4.69, 9.17) is 10.00 Å². The van der Waals surface area contributed by atoms with Crippen molar-refractivity contribution < 1.29 is 4.74 Å². The van der Waals surface area contributed by atoms with Gasteiger partial charge in [-0.25, -0.2) is 9.97 Å². The second-order valence-corrected chi connectivity index (χ2v) is 3.55. The molecule has 1 aromatic rings. The van der Waals surface area contributed by atoms with Crippen molar-refractivity contribution >= 4 is 5.82 Å². The molecule has 2 unspecified atom stereocenters. The van der Waals surface area contributed by atoms with Crippen LogP contribution in [0.15, 0.2) is 12.4 Å². The van der Waals surface area contributed by atoms with Gasteiger partial charge in [0.05, 0.1) is 12.1 Å². The summed E-state index contributed by atoms with van der Waals surface area (Å²) in [5.74, 6) is 0.515. The fourth-order valence-corrected chi connectivity index (χ4v) is 1.75. The Labute approximate surface area is 93.7 Å². The van der Waals surface area contributed by atoms with Gasteiger partial charge in [-0.1, -0.05) is 0 Å². The Hall–Kier alpha value is -1.71. The predicted octanol–water partition coefficient (Wildman–Crippen LogP) is -0.253. The summed E-state index contributed by atoms with van der Waals surface area (Å²) in [5.41, 5.74) is 0.309. The first-order valence-corrected chi connectivity index (χ1v) is 5.06. The van der Waals surface area contributed by atoms with Crippen molar-refractivity contribution in [1.82, 2.24) is 15.3 Å². The number of hydrogen-bond acceptors (Lipinski definition) is 6. The third-order valence-electron chi connectivity index (χ3n) is 2.59. The van der Waals surface area contributed by atoms with E-state index in [-0.39, 0.29) is 12.1 Å². The smallest absolute Gasteiger partial charge is 0.182 e. The molecule has 0 bridgehead atoms. The van der Waals surface area contributed by atoms with E-state index in [1.165, 1.54) is 6.20 Å². The lowest BCUT2D eigenvalue weighted by atomic mass is 10.2. The monoisotopic (exact) mass is 219 g/mol. The molecule has 2 heterocycles. The summed E-state index contributed by atoms with van der Waals surface area (Å²) in [4.78, 5) is 8.05. The third-order valence-corrected chi connectivity index (χ3v) is 2.59. The van der Waals surface area contributed by atoms with Gasteiger partial charge in [0.15, 0.2) is 11.5 Å². The van der Waals surface area contributed by atoms with E-state index < -0.39 is 0 Å². The first kappa shape index (κ1) is 10.8. The van der Waals surface area contributed by atoms with Crippen LogP contribution >= 0.6 is 0 Å². The van der Waals surface area contributed by atoms with Crippen molar-refractivity contribution in [3.05, 3.63) is 18.1 Å². The minimum Gasteiger partial charge on any atom is -0.378 e. The molecule has 2 N–H and O–H groups in total. The fourth-order valence-electron chi connectivity index (χ4n) is 1.75. The molecule has 0 aromatic carbocycles. The van der Waals surface area contributed by atoms with E-state index >= 15 is 0 Å². The maximum Gasteiger partial charge on any atom is 0.182 e. The van der Waals surface area contributed by atoms with Gasteiger partial charge >= 0.3 is 0 Å². The maximum atomic E-state index is 8.88. The van der Waals surface area contributed by atoms with Crippen LogP contribution in [0.3, 0.4) is 0 Å². The molecule has 2 atom stereocenters. The van der Waals surface area contributed by atoms with Crippen molar-refractivity contribution in [2.45, 2.75) is 12.1 Å². The Balaban J connectivity index is 2.12. The molecule has 6 heteroatoms. The molecule has 6 nitrogen and oxygen atoms in total. The molecule has 1 aromatic heterocycles. The van der Waals surface area contributed by atoms with Crippen LogP contribution in [-0.2, 0) is 4.74 Å². The molecule has 0 spiro atoms. The minimum atomic E-state index is 0.0912. The summed E-state index contributed by atoms with van der Waals surface area (Å²) >= 11 is 0. The largest absolute Gasteiger partial charge is 0.378 e. The zero-order chi connectivity index (χ0) is 11.4. The molecule has 1 fully saturated rings. The average molecular weight is 219 g/mol. The zero-order valence-electron chi connectivity index (χ0n) is 8.97. The number of methoxy groups -OCH3 is 1. The summed E-state index contributed by atoms with van der Waals surface area (Å²) in [6.07, 6.45) is 3.16. The molecule has 16 heavy (non-hydrogen) atoms. The quantitative estimate of drug-likeness (QED) is 0.729. The van der Waals surface area contributed by atoms with Crippen molar-refractivity contribution in [2.24, 2.45) is 0 Å². The lowest BCUT2D eigenvalue weighted by Gasteiger charge is -2.19. The highest BCUT2D eigenvalue weighted by Crippen LogP contribution is 2.13. The molecule has 1 aliphatic heterocycles. The third kappa shape index (κ3) is 2.10. The molecule has 0 saturated carbocycles. The standard InChI is InChI=1S/C10H13N5O/c1-16-9-6-12-5-8(9)15-10-7(4-11)13-2-3-14-10/h2-3,8-9,12H,5-6H2,1H3,(H,14,15). The van der Waals surface area contributed by atoms with Crippen LogP contribution in [0.4, 0.5) is 5.82 Å². The van der Waals surface area contributed by atoms with Crippen molar-refractivity contribution in [3.8, 4) is 6.07 Å². The van der Waals surface area contributed by atoms with Gasteiger partial charge in [-0.15, -0.1) is 0 Å². The lowest BCUT2D eigenvalue weighted by Crippen LogP contribution is -2.34. The first-order valence-electron chi connectivity index (χ1n) is 5.06. The van der Waals surface area contributed by atoms with Crippen molar-refractivity contribution in [1.29, 1.82) is 5.26 Å². The summed E-state index contributed by atoms with van der Waals surface area (Å²) < 4.78 is 5.31. The van der Waals surface area contributed by atoms with E-state index in [2.05, 4.69) is 20.6 Å². The molecular weight excluding hydrogens is 206 g/mol. The van der Waals surface area contributed by atoms with Crippen LogP contribution < -0.4 is 10.6 Å². The van der Waals surface area contributed by atoms with Gasteiger partial charge in [-0.2, -0.15) is 5.26 Å². The average Bonchev–Trinajstić information content (AvgIpc) is 2.77. The highest BCUT2D eigenvalue weighted by Gasteiger charge is 2.27. The van der Waals surface area contributed by atoms with E-state index in [9.17, 15) is 0 Å². The van der Waals surface area contributed by atoms with Crippen LogP contribution in [0.2, 0.25) is 0 Å². The van der Waals surface area contributed by atoms with Gasteiger partial charge in [0, 0.05) is 32.6 Å². The van der Waals surface area contributed by atoms with Gasteiger partial charge < -0.3 is 15.4 Å². The Morgan fingerprint density at radius 3 is 3.06 bits per heavy atom. The van der Waals surface area contributed by atoms with Crippen LogP contribution in [0.5, 0.6) is 0 Å². The van der Waals surface area contributed by atoms with Gasteiger partial charge in [0.25, 0.3) is 0 Å². The number of rotatable bonds is 3. The summed E-state index contributed by atoms with van der Waals surface area (Å²) in [6, 6.07) is 2.12. The molecule has 0 aliphatic carbocycles. The van der Waals surface area contributed by atoms with Crippen molar-refractivity contribution in [2.75, 3.05) is 25.5 Å². The highest BCUT2D eigenvalue weighted by molar-refractivity contribution is 5.47. The van der Waals surface area contributed by atoms with E-state index in [0.29, 0.717) is 11.5 Å². The highest BCUT2D eigenvalue weighted by atomic mass is 16.5. The van der Waals surface area contributed by atoms with E-state index in [1.54, 1.807) is 13.3 Å². The predicted molar refractivity (Wildman–Crippen MR) is 57.8 cm³/mol. The van der Waals surface area contributed by atoms with Gasteiger partial charge in [0.2, 0.25) is 0 Å². The molecule has 2 rings (SSSR count). The normalized spacial score (nSPS) is 24.0. The molecule has 0 radical (unpaired) electrons. The van der Waals surface area contributed by atoms with Crippen molar-refractivity contribution in [3.63, 3.8) is 0 Å². The van der Waals surface area contributed by atoms with E-state index in [0.717, 1.165) is 13.1 Å². The summed E-state index contributed by atoms with van der Waals surface area (Å²) in [6.45, 7) is 1.59. The summed E-state index contributed by atoms with van der Waals surface area (Å²) in [5, 5.41) is 15.3. The molecule has 1 saturated heterocycles. The lowest BCUT2D eigenvalue weighted by molar-refractivity contribution is 0.111. The number of anilines is 1. The molecule has 0 amide bonds. The fraction of sp³-hybridized carbons (Fsp3) is 0.500. The summed E-state index contributed by atoms with van der Waals surface area (Å²) in [7, 11) is 1.67. The second-order valence-electron chi connectivity index (χ2n) is 3.55. The van der Waals surface area contributed by atoms with Crippen LogP contribution in [0, 0.1) is 11.3 Å². The topological polar surface area (TPSA) is 82.9 Å². The van der Waals surface area contributed by atoms with Gasteiger partial charge in [0.1, 0.15) is 6.07 Å². The Bertz CT molecular complexity index is 402. The maximum absolute atomic E-state index is 8.88. The number of nitrogens with zero attached hydrogens (tertiary/aromatic N) is 3. The van der Waals surface area contributed by atoms with E-state index in [1.807, 2.05) is 6.07 Å². The molecule has 84 valence electrons. The molecule has 1 aliphatic rings. The second kappa shape index (κ2) is 4.88. The van der Waals surface area contributed by atoms with Crippen LogP contribution in [0.25, 0.3) is 0 Å². The molecular formula is C10H13N5O. The van der Waals surface area contributed by atoms with Crippen LogP contribution in [-0.4, -0.2) is 42.3 Å². The number of hydrogen-bond donors (Lipinski definition) is 2. The number of nitriles is 1. The zero-order valence-corrected chi connectivity index (χ0v) is 8.97. The minimum absolute atomic E-state index is 0.0912. The Morgan fingerprint density at radius 2 is 2.31 bits per heavy atom. The number of ether oxygens (including phenoxy) is 1.